The Kier molecular flexibility index (Phi) is 4.32. The number of anilines is 1. The van der Waals surface area contributed by atoms with Crippen LogP contribution in [0, 0.1) is 0 Å². The zero-order valence-corrected chi connectivity index (χ0v) is 13.7. The van der Waals surface area contributed by atoms with Crippen molar-refractivity contribution in [1.82, 2.24) is 5.32 Å². The number of hydrogen-bond acceptors (Lipinski definition) is 3. The van der Waals surface area contributed by atoms with Crippen LogP contribution in [-0.2, 0) is 0 Å². The minimum atomic E-state index is 0.291. The van der Waals surface area contributed by atoms with Crippen LogP contribution in [0.1, 0.15) is 39.0 Å². The number of hydrogen-bond donors (Lipinski definition) is 1. The van der Waals surface area contributed by atoms with Gasteiger partial charge in [0, 0.05) is 29.7 Å². The zero-order chi connectivity index (χ0) is 14.9. The van der Waals surface area contributed by atoms with Gasteiger partial charge in [-0.25, -0.2) is 0 Å². The van der Waals surface area contributed by atoms with Gasteiger partial charge in [0.2, 0.25) is 0 Å². The molecule has 1 spiro atoms. The monoisotopic (exact) mass is 308 g/mol. The summed E-state index contributed by atoms with van der Waals surface area (Å²) >= 11 is 6.24. The summed E-state index contributed by atoms with van der Waals surface area (Å²) in [6, 6.07) is 6.44. The molecule has 0 aromatic heterocycles. The van der Waals surface area contributed by atoms with E-state index in [9.17, 15) is 0 Å². The molecule has 1 saturated carbocycles. The Bertz CT molecular complexity index is 500. The summed E-state index contributed by atoms with van der Waals surface area (Å²) in [7, 11) is 1.74. The van der Waals surface area contributed by atoms with Crippen LogP contribution in [0.5, 0.6) is 5.75 Å². The molecule has 1 unspecified atom stereocenters. The standard InChI is InChI=1S/C17H25ClN2O/c1-3-14-11-19-17(8-4-5-9-17)12-20(14)15-10-13(18)6-7-16(15)21-2/h6-7,10,14,19H,3-5,8-9,11-12H2,1-2H3. The normalized spacial score (nSPS) is 24.5. The molecule has 0 radical (unpaired) electrons. The summed E-state index contributed by atoms with van der Waals surface area (Å²) in [5.41, 5.74) is 1.43. The smallest absolute Gasteiger partial charge is 0.142 e. The lowest BCUT2D eigenvalue weighted by Gasteiger charge is -2.47. The van der Waals surface area contributed by atoms with Gasteiger partial charge in [-0.05, 0) is 37.5 Å². The Morgan fingerprint density at radius 1 is 1.38 bits per heavy atom. The fourth-order valence-electron chi connectivity index (χ4n) is 3.88. The van der Waals surface area contributed by atoms with E-state index in [2.05, 4.69) is 23.2 Å². The van der Waals surface area contributed by atoms with Gasteiger partial charge in [-0.2, -0.15) is 0 Å². The van der Waals surface area contributed by atoms with E-state index < -0.39 is 0 Å². The summed E-state index contributed by atoms with van der Waals surface area (Å²) in [5, 5.41) is 4.61. The second-order valence-corrected chi connectivity index (χ2v) is 6.81. The molecule has 1 aliphatic carbocycles. The summed E-state index contributed by atoms with van der Waals surface area (Å²) in [6.07, 6.45) is 6.36. The van der Waals surface area contributed by atoms with Crippen LogP contribution >= 0.6 is 11.6 Å². The van der Waals surface area contributed by atoms with Gasteiger partial charge in [-0.1, -0.05) is 31.4 Å². The Morgan fingerprint density at radius 3 is 2.81 bits per heavy atom. The second kappa shape index (κ2) is 6.05. The number of nitrogens with one attached hydrogen (secondary N) is 1. The average Bonchev–Trinajstić information content (AvgIpc) is 2.95. The minimum absolute atomic E-state index is 0.291. The number of halogens is 1. The Balaban J connectivity index is 1.94. The lowest BCUT2D eigenvalue weighted by atomic mass is 9.91. The van der Waals surface area contributed by atoms with Crippen molar-refractivity contribution >= 4 is 17.3 Å². The van der Waals surface area contributed by atoms with E-state index in [4.69, 9.17) is 16.3 Å². The highest BCUT2D eigenvalue weighted by molar-refractivity contribution is 6.30. The maximum atomic E-state index is 6.24. The quantitative estimate of drug-likeness (QED) is 0.918. The first-order chi connectivity index (χ1) is 10.2. The lowest BCUT2D eigenvalue weighted by molar-refractivity contribution is 0.266. The van der Waals surface area contributed by atoms with E-state index >= 15 is 0 Å². The van der Waals surface area contributed by atoms with E-state index in [-0.39, 0.29) is 0 Å². The molecule has 0 bridgehead atoms. The highest BCUT2D eigenvalue weighted by atomic mass is 35.5. The molecule has 116 valence electrons. The van der Waals surface area contributed by atoms with E-state index in [1.54, 1.807) is 7.11 Å². The Morgan fingerprint density at radius 2 is 2.14 bits per heavy atom. The maximum absolute atomic E-state index is 6.24. The summed E-state index contributed by atoms with van der Waals surface area (Å²) in [4.78, 5) is 2.52. The Labute approximate surface area is 132 Å². The number of ether oxygens (including phenoxy) is 1. The van der Waals surface area contributed by atoms with Gasteiger partial charge in [0.25, 0.3) is 0 Å². The van der Waals surface area contributed by atoms with Gasteiger partial charge < -0.3 is 15.0 Å². The molecule has 1 aromatic rings. The third-order valence-corrected chi connectivity index (χ3v) is 5.34. The van der Waals surface area contributed by atoms with Crippen molar-refractivity contribution in [2.45, 2.75) is 50.6 Å². The van der Waals surface area contributed by atoms with E-state index in [0.717, 1.165) is 36.0 Å². The first-order valence-corrected chi connectivity index (χ1v) is 8.40. The number of nitrogens with zero attached hydrogens (tertiary/aromatic N) is 1. The van der Waals surface area contributed by atoms with Gasteiger partial charge >= 0.3 is 0 Å². The lowest BCUT2D eigenvalue weighted by Crippen LogP contribution is -2.63. The van der Waals surface area contributed by atoms with Gasteiger partial charge in [0.1, 0.15) is 5.75 Å². The van der Waals surface area contributed by atoms with E-state index in [1.165, 1.54) is 25.7 Å². The molecule has 0 amide bonds. The topological polar surface area (TPSA) is 24.5 Å². The molecular weight excluding hydrogens is 284 g/mol. The molecule has 1 heterocycles. The molecule has 1 aromatic carbocycles. The highest BCUT2D eigenvalue weighted by Crippen LogP contribution is 2.39. The molecule has 2 aliphatic rings. The van der Waals surface area contributed by atoms with Crippen molar-refractivity contribution in [1.29, 1.82) is 0 Å². The number of benzene rings is 1. The van der Waals surface area contributed by atoms with Gasteiger partial charge in [-0.15, -0.1) is 0 Å². The Hall–Kier alpha value is -0.930. The van der Waals surface area contributed by atoms with E-state index in [1.807, 2.05) is 12.1 Å². The summed E-state index contributed by atoms with van der Waals surface area (Å²) in [5.74, 6) is 0.924. The van der Waals surface area contributed by atoms with Crippen molar-refractivity contribution in [2.24, 2.45) is 0 Å². The number of piperazine rings is 1. The number of rotatable bonds is 3. The molecule has 1 N–H and O–H groups in total. The van der Waals surface area contributed by atoms with Crippen molar-refractivity contribution in [3.63, 3.8) is 0 Å². The van der Waals surface area contributed by atoms with Gasteiger partial charge in [-0.3, -0.25) is 0 Å². The molecule has 3 nitrogen and oxygen atoms in total. The molecule has 1 saturated heterocycles. The van der Waals surface area contributed by atoms with Gasteiger partial charge in [0.05, 0.1) is 12.8 Å². The van der Waals surface area contributed by atoms with Crippen molar-refractivity contribution in [2.75, 3.05) is 25.1 Å². The predicted molar refractivity (Wildman–Crippen MR) is 88.6 cm³/mol. The highest BCUT2D eigenvalue weighted by Gasteiger charge is 2.41. The SMILES string of the molecule is CCC1CNC2(CCCC2)CN1c1cc(Cl)ccc1OC. The molecule has 3 rings (SSSR count). The maximum Gasteiger partial charge on any atom is 0.142 e. The summed E-state index contributed by atoms with van der Waals surface area (Å²) in [6.45, 7) is 4.36. The predicted octanol–water partition coefficient (Wildman–Crippen LogP) is 3.85. The van der Waals surface area contributed by atoms with E-state index in [0.29, 0.717) is 11.6 Å². The van der Waals surface area contributed by atoms with Crippen LogP contribution in [0.3, 0.4) is 0 Å². The van der Waals surface area contributed by atoms with Crippen LogP contribution in [0.2, 0.25) is 5.02 Å². The fraction of sp³-hybridized carbons (Fsp3) is 0.647. The summed E-state index contributed by atoms with van der Waals surface area (Å²) < 4.78 is 5.58. The molecule has 1 atom stereocenters. The fourth-order valence-corrected chi connectivity index (χ4v) is 4.04. The van der Waals surface area contributed by atoms with Crippen LogP contribution < -0.4 is 15.0 Å². The molecular formula is C17H25ClN2O. The van der Waals surface area contributed by atoms with Crippen LogP contribution in [0.15, 0.2) is 18.2 Å². The first kappa shape index (κ1) is 15.0. The van der Waals surface area contributed by atoms with Crippen LogP contribution in [0.25, 0.3) is 0 Å². The third-order valence-electron chi connectivity index (χ3n) is 5.11. The van der Waals surface area contributed by atoms with Crippen LogP contribution in [-0.4, -0.2) is 31.8 Å². The van der Waals surface area contributed by atoms with Crippen molar-refractivity contribution in [3.8, 4) is 5.75 Å². The largest absolute Gasteiger partial charge is 0.495 e. The van der Waals surface area contributed by atoms with Crippen LogP contribution in [0.4, 0.5) is 5.69 Å². The molecule has 2 fully saturated rings. The average molecular weight is 309 g/mol. The third kappa shape index (κ3) is 2.86. The van der Waals surface area contributed by atoms with Gasteiger partial charge in [0.15, 0.2) is 0 Å². The molecule has 4 heteroatoms. The van der Waals surface area contributed by atoms with Crippen molar-refractivity contribution < 1.29 is 4.74 Å². The number of methoxy groups -OCH3 is 1. The van der Waals surface area contributed by atoms with Crippen molar-refractivity contribution in [3.05, 3.63) is 23.2 Å². The first-order valence-electron chi connectivity index (χ1n) is 8.03. The molecule has 21 heavy (non-hydrogen) atoms. The zero-order valence-electron chi connectivity index (χ0n) is 13.0. The second-order valence-electron chi connectivity index (χ2n) is 6.37. The minimum Gasteiger partial charge on any atom is -0.495 e. The molecule has 1 aliphatic heterocycles.